The Kier molecular flexibility index (Phi) is 3.46. The van der Waals surface area contributed by atoms with E-state index >= 15 is 0 Å². The van der Waals surface area contributed by atoms with Gasteiger partial charge in [-0.05, 0) is 31.9 Å². The van der Waals surface area contributed by atoms with E-state index in [1.54, 1.807) is 0 Å². The summed E-state index contributed by atoms with van der Waals surface area (Å²) in [5.41, 5.74) is 2.29. The van der Waals surface area contributed by atoms with Crippen LogP contribution < -0.4 is 5.32 Å². The molecule has 1 N–H and O–H groups in total. The standard InChI is InChI=1S/C11H14N4S/c1-8-3-4-10(7-13-8)5-6-12-11-14-9(2)15-16-11/h3-4,7H,5-6H2,1-2H3,(H,12,14,15). The summed E-state index contributed by atoms with van der Waals surface area (Å²) in [6.07, 6.45) is 2.87. The van der Waals surface area contributed by atoms with Gasteiger partial charge in [-0.25, -0.2) is 4.98 Å². The number of hydrogen-bond acceptors (Lipinski definition) is 5. The molecule has 0 aromatic carbocycles. The van der Waals surface area contributed by atoms with Crippen molar-refractivity contribution in [1.82, 2.24) is 14.3 Å². The second kappa shape index (κ2) is 5.03. The number of pyridine rings is 1. The molecule has 0 amide bonds. The van der Waals surface area contributed by atoms with Gasteiger partial charge in [0.25, 0.3) is 0 Å². The Hall–Kier alpha value is -1.49. The molecule has 0 spiro atoms. The van der Waals surface area contributed by atoms with Crippen molar-refractivity contribution in [3.63, 3.8) is 0 Å². The fourth-order valence-electron chi connectivity index (χ4n) is 1.33. The topological polar surface area (TPSA) is 50.7 Å². The Morgan fingerprint density at radius 2 is 2.19 bits per heavy atom. The molecule has 0 bridgehead atoms. The van der Waals surface area contributed by atoms with Crippen molar-refractivity contribution in [3.8, 4) is 0 Å². The van der Waals surface area contributed by atoms with Crippen LogP contribution >= 0.6 is 11.5 Å². The first-order valence-electron chi connectivity index (χ1n) is 5.20. The minimum absolute atomic E-state index is 0.824. The molecule has 2 heterocycles. The van der Waals surface area contributed by atoms with Gasteiger partial charge < -0.3 is 5.32 Å². The van der Waals surface area contributed by atoms with Crippen LogP contribution in [0.5, 0.6) is 0 Å². The van der Waals surface area contributed by atoms with Crippen LogP contribution in [0.3, 0.4) is 0 Å². The highest BCUT2D eigenvalue weighted by Gasteiger charge is 1.99. The lowest BCUT2D eigenvalue weighted by molar-refractivity contribution is 0.990. The quantitative estimate of drug-likeness (QED) is 0.881. The van der Waals surface area contributed by atoms with Gasteiger partial charge in [0.05, 0.1) is 0 Å². The summed E-state index contributed by atoms with van der Waals surface area (Å²) in [6, 6.07) is 4.14. The zero-order valence-corrected chi connectivity index (χ0v) is 10.2. The Balaban J connectivity index is 1.82. The predicted octanol–water partition coefficient (Wildman–Crippen LogP) is 2.20. The first-order valence-corrected chi connectivity index (χ1v) is 5.97. The molecule has 5 heteroatoms. The molecule has 0 aliphatic rings. The third kappa shape index (κ3) is 3.00. The lowest BCUT2D eigenvalue weighted by Crippen LogP contribution is -2.04. The van der Waals surface area contributed by atoms with Crippen LogP contribution in [0.2, 0.25) is 0 Å². The molecule has 0 radical (unpaired) electrons. The Morgan fingerprint density at radius 1 is 1.31 bits per heavy atom. The van der Waals surface area contributed by atoms with Crippen molar-refractivity contribution in [3.05, 3.63) is 35.4 Å². The molecule has 2 rings (SSSR count). The van der Waals surface area contributed by atoms with E-state index in [9.17, 15) is 0 Å². The zero-order chi connectivity index (χ0) is 11.4. The normalized spacial score (nSPS) is 10.4. The van der Waals surface area contributed by atoms with Gasteiger partial charge in [0.1, 0.15) is 5.82 Å². The minimum Gasteiger partial charge on any atom is -0.360 e. The van der Waals surface area contributed by atoms with Crippen LogP contribution in [0.4, 0.5) is 5.13 Å². The van der Waals surface area contributed by atoms with Crippen molar-refractivity contribution in [1.29, 1.82) is 0 Å². The molecule has 0 unspecified atom stereocenters. The minimum atomic E-state index is 0.824. The molecule has 0 aliphatic heterocycles. The lowest BCUT2D eigenvalue weighted by Gasteiger charge is -2.02. The van der Waals surface area contributed by atoms with Crippen LogP contribution in [-0.2, 0) is 6.42 Å². The summed E-state index contributed by atoms with van der Waals surface area (Å²) in [6.45, 7) is 4.75. The lowest BCUT2D eigenvalue weighted by atomic mass is 10.2. The summed E-state index contributed by atoms with van der Waals surface area (Å²) in [4.78, 5) is 8.49. The largest absolute Gasteiger partial charge is 0.360 e. The summed E-state index contributed by atoms with van der Waals surface area (Å²) in [7, 11) is 0. The van der Waals surface area contributed by atoms with Crippen molar-refractivity contribution < 1.29 is 0 Å². The Bertz CT molecular complexity index is 449. The second-order valence-electron chi connectivity index (χ2n) is 3.63. The van der Waals surface area contributed by atoms with E-state index in [1.807, 2.05) is 26.1 Å². The number of aryl methyl sites for hydroxylation is 2. The molecule has 16 heavy (non-hydrogen) atoms. The molecule has 0 fully saturated rings. The molecule has 2 aromatic rings. The molecule has 0 atom stereocenters. The van der Waals surface area contributed by atoms with Gasteiger partial charge >= 0.3 is 0 Å². The number of hydrogen-bond donors (Lipinski definition) is 1. The first-order chi connectivity index (χ1) is 7.74. The van der Waals surface area contributed by atoms with Gasteiger partial charge in [-0.15, -0.1) is 0 Å². The fraction of sp³-hybridized carbons (Fsp3) is 0.364. The molecule has 2 aromatic heterocycles. The van der Waals surface area contributed by atoms with E-state index in [-0.39, 0.29) is 0 Å². The van der Waals surface area contributed by atoms with Gasteiger partial charge in [-0.3, -0.25) is 4.98 Å². The smallest absolute Gasteiger partial charge is 0.202 e. The Labute approximate surface area is 98.9 Å². The maximum absolute atomic E-state index is 4.26. The van der Waals surface area contributed by atoms with E-state index < -0.39 is 0 Å². The monoisotopic (exact) mass is 234 g/mol. The number of nitrogens with one attached hydrogen (secondary N) is 1. The molecule has 0 aliphatic carbocycles. The van der Waals surface area contributed by atoms with Crippen LogP contribution in [0.15, 0.2) is 18.3 Å². The summed E-state index contributed by atoms with van der Waals surface area (Å²) >= 11 is 1.40. The van der Waals surface area contributed by atoms with E-state index in [2.05, 4.69) is 25.7 Å². The average Bonchev–Trinajstić information content (AvgIpc) is 2.67. The van der Waals surface area contributed by atoms with E-state index in [0.29, 0.717) is 0 Å². The van der Waals surface area contributed by atoms with Crippen LogP contribution in [0.1, 0.15) is 17.1 Å². The highest BCUT2D eigenvalue weighted by molar-refractivity contribution is 7.09. The summed E-state index contributed by atoms with van der Waals surface area (Å²) in [5, 5.41) is 4.13. The van der Waals surface area contributed by atoms with Crippen LogP contribution in [-0.4, -0.2) is 20.9 Å². The fourth-order valence-corrected chi connectivity index (χ4v) is 1.93. The molecule has 0 saturated carbocycles. The molecule has 4 nitrogen and oxygen atoms in total. The first kappa shape index (κ1) is 11.0. The number of nitrogens with zero attached hydrogens (tertiary/aromatic N) is 3. The van der Waals surface area contributed by atoms with Crippen molar-refractivity contribution in [2.75, 3.05) is 11.9 Å². The maximum atomic E-state index is 4.26. The van der Waals surface area contributed by atoms with Gasteiger partial charge in [-0.1, -0.05) is 6.07 Å². The molecule has 84 valence electrons. The van der Waals surface area contributed by atoms with Gasteiger partial charge in [0.2, 0.25) is 5.13 Å². The van der Waals surface area contributed by atoms with Crippen LogP contribution in [0, 0.1) is 13.8 Å². The molecular formula is C11H14N4S. The van der Waals surface area contributed by atoms with Crippen LogP contribution in [0.25, 0.3) is 0 Å². The van der Waals surface area contributed by atoms with Crippen molar-refractivity contribution in [2.45, 2.75) is 20.3 Å². The molecule has 0 saturated heterocycles. The number of anilines is 1. The Morgan fingerprint density at radius 3 is 2.81 bits per heavy atom. The second-order valence-corrected chi connectivity index (χ2v) is 4.38. The van der Waals surface area contributed by atoms with E-state index in [1.165, 1.54) is 17.1 Å². The maximum Gasteiger partial charge on any atom is 0.202 e. The average molecular weight is 234 g/mol. The number of rotatable bonds is 4. The van der Waals surface area contributed by atoms with Gasteiger partial charge in [-0.2, -0.15) is 4.37 Å². The third-order valence-corrected chi connectivity index (χ3v) is 2.95. The van der Waals surface area contributed by atoms with Crippen molar-refractivity contribution >= 4 is 16.7 Å². The van der Waals surface area contributed by atoms with Gasteiger partial charge in [0.15, 0.2) is 0 Å². The SMILES string of the molecule is Cc1ccc(CCNc2nc(C)ns2)cn1. The number of aromatic nitrogens is 3. The highest BCUT2D eigenvalue weighted by Crippen LogP contribution is 2.10. The van der Waals surface area contributed by atoms with Gasteiger partial charge in [0, 0.05) is 30.0 Å². The van der Waals surface area contributed by atoms with Crippen molar-refractivity contribution in [2.24, 2.45) is 0 Å². The van der Waals surface area contributed by atoms with E-state index in [0.717, 1.165) is 29.6 Å². The highest BCUT2D eigenvalue weighted by atomic mass is 32.1. The predicted molar refractivity (Wildman–Crippen MR) is 65.8 cm³/mol. The molecular weight excluding hydrogens is 220 g/mol. The zero-order valence-electron chi connectivity index (χ0n) is 9.40. The summed E-state index contributed by atoms with van der Waals surface area (Å²) < 4.78 is 4.11. The van der Waals surface area contributed by atoms with E-state index in [4.69, 9.17) is 0 Å². The summed E-state index contributed by atoms with van der Waals surface area (Å²) in [5.74, 6) is 0.824. The third-order valence-electron chi connectivity index (χ3n) is 2.19.